The average molecular weight is 99.2 g/mol. The fraction of sp³-hybridized carbons (Fsp3) is 1.00. The molecule has 0 spiro atoms. The molecule has 7 heavy (non-hydrogen) atoms. The second-order valence-electron chi connectivity index (χ2n) is 2.36. The first-order valence-electron chi connectivity index (χ1n) is 3.08. The Labute approximate surface area is 45.3 Å². The number of hydrogen-bond donors (Lipinski definition) is 0. The predicted octanol–water partition coefficient (Wildman–Crippen LogP) is 0.940. The molecule has 0 N–H and O–H groups in total. The molecule has 0 aromatic rings. The van der Waals surface area contributed by atoms with E-state index in [1.165, 1.54) is 32.4 Å². The molecule has 1 heterocycles. The monoisotopic (exact) mass is 99.1 g/mol. The topological polar surface area (TPSA) is 5.90 Å². The molecule has 1 fully saturated rings. The highest BCUT2D eigenvalue weighted by Crippen LogP contribution is 2.02. The zero-order valence-electron chi connectivity index (χ0n) is 4.98. The van der Waals surface area contributed by atoms with Crippen molar-refractivity contribution < 1.29 is 0 Å². The number of piperidine rings is 1. The molecule has 1 nitrogen and oxygen atoms in total. The Morgan fingerprint density at radius 2 is 1.57 bits per heavy atom. The van der Waals surface area contributed by atoms with Crippen molar-refractivity contribution in [3.05, 3.63) is 0 Å². The fourth-order valence-corrected chi connectivity index (χ4v) is 1.05. The maximum absolute atomic E-state index is 2.39. The first kappa shape index (κ1) is 4.95. The fourth-order valence-electron chi connectivity index (χ4n) is 1.05. The molecule has 0 radical (unpaired) electrons. The summed E-state index contributed by atoms with van der Waals surface area (Å²) in [5.74, 6) is 0. The zero-order valence-corrected chi connectivity index (χ0v) is 4.98. The number of rotatable bonds is 0. The van der Waals surface area contributed by atoms with Crippen LogP contribution in [0.15, 0.2) is 0 Å². The smallest absolute Gasteiger partial charge is 0.180 e. The third-order valence-corrected chi connectivity index (χ3v) is 1.58. The summed E-state index contributed by atoms with van der Waals surface area (Å²) in [5, 5.41) is 0. The van der Waals surface area contributed by atoms with E-state index in [0.717, 1.165) is 0 Å². The molecular weight excluding hydrogens is 86.1 g/mol. The largest absolute Gasteiger partial charge is 0.246 e. The highest BCUT2D eigenvalue weighted by molar-refractivity contribution is 4.63. The molecule has 0 saturated carbocycles. The molecule has 40 valence electrons. The second kappa shape index (κ2) is 2.20. The van der Waals surface area contributed by atoms with Gasteiger partial charge in [-0.2, -0.15) is 4.90 Å². The summed E-state index contributed by atoms with van der Waals surface area (Å²) < 4.78 is 0. The Kier molecular flexibility index (Phi) is 1.55. The Morgan fingerprint density at radius 3 is 1.86 bits per heavy atom. The van der Waals surface area contributed by atoms with Crippen LogP contribution in [0.5, 0.6) is 0 Å². The van der Waals surface area contributed by atoms with Crippen LogP contribution in [-0.4, -0.2) is 20.1 Å². The lowest BCUT2D eigenvalue weighted by molar-refractivity contribution is 0.389. The Hall–Kier alpha value is -0.200. The van der Waals surface area contributed by atoms with E-state index in [4.69, 9.17) is 0 Å². The minimum absolute atomic E-state index is 1.32. The molecule has 1 aliphatic rings. The van der Waals surface area contributed by atoms with Crippen LogP contribution < -0.4 is 4.90 Å². The van der Waals surface area contributed by atoms with Gasteiger partial charge in [-0.3, -0.25) is 0 Å². The van der Waals surface area contributed by atoms with Gasteiger partial charge >= 0.3 is 0 Å². The highest BCUT2D eigenvalue weighted by atomic mass is 15.1. The van der Waals surface area contributed by atoms with Gasteiger partial charge in [-0.25, -0.2) is 0 Å². The zero-order chi connectivity index (χ0) is 5.11. The maximum atomic E-state index is 2.39. The van der Waals surface area contributed by atoms with Gasteiger partial charge in [0.1, 0.15) is 0 Å². The van der Waals surface area contributed by atoms with E-state index in [9.17, 15) is 0 Å². The minimum Gasteiger partial charge on any atom is -0.180 e. The summed E-state index contributed by atoms with van der Waals surface area (Å²) in [6.45, 7) is 2.64. The van der Waals surface area contributed by atoms with Gasteiger partial charge in [0.05, 0.1) is 12.8 Å². The Morgan fingerprint density at radius 1 is 1.00 bits per heavy atom. The Balaban J connectivity index is 2.12. The van der Waals surface area contributed by atoms with Crippen molar-refractivity contribution in [3.8, 4) is 0 Å². The predicted molar refractivity (Wildman–Crippen MR) is 31.6 cm³/mol. The van der Waals surface area contributed by atoms with E-state index in [1.807, 2.05) is 0 Å². The van der Waals surface area contributed by atoms with Crippen molar-refractivity contribution in [1.29, 1.82) is 0 Å². The molecule has 0 bridgehead atoms. The first-order valence-corrected chi connectivity index (χ1v) is 3.08. The van der Waals surface area contributed by atoms with E-state index >= 15 is 0 Å². The molecule has 1 heteroatoms. The van der Waals surface area contributed by atoms with Gasteiger partial charge in [-0.15, -0.1) is 0 Å². The van der Waals surface area contributed by atoms with Crippen molar-refractivity contribution in [3.63, 3.8) is 0 Å². The van der Waals surface area contributed by atoms with Crippen molar-refractivity contribution >= 4 is 0 Å². The van der Waals surface area contributed by atoms with Crippen LogP contribution in [0, 0.1) is 0 Å². The van der Waals surface area contributed by atoms with Crippen LogP contribution in [-0.2, 0) is 0 Å². The molecule has 1 saturated heterocycles. The number of hydrogen-bond acceptors (Lipinski definition) is 1. The summed E-state index contributed by atoms with van der Waals surface area (Å²) in [5.41, 5.74) is 0. The standard InChI is InChI=1S/C6H13N/c1-7-5-3-2-4-6-7/h2-6H2,1H3/q+2. The molecule has 1 aliphatic heterocycles. The lowest BCUT2D eigenvalue weighted by Crippen LogP contribution is -2.30. The van der Waals surface area contributed by atoms with E-state index in [1.54, 1.807) is 0 Å². The van der Waals surface area contributed by atoms with Crippen LogP contribution in [0.1, 0.15) is 19.3 Å². The van der Waals surface area contributed by atoms with Crippen LogP contribution in [0.2, 0.25) is 0 Å². The van der Waals surface area contributed by atoms with Crippen molar-refractivity contribution in [2.75, 3.05) is 20.1 Å². The van der Waals surface area contributed by atoms with Crippen LogP contribution >= 0.6 is 0 Å². The van der Waals surface area contributed by atoms with Crippen LogP contribution in [0.25, 0.3) is 0 Å². The third kappa shape index (κ3) is 1.38. The summed E-state index contributed by atoms with van der Waals surface area (Å²) in [7, 11) is 2.19. The molecule has 0 unspecified atom stereocenters. The molecule has 0 aromatic heterocycles. The summed E-state index contributed by atoms with van der Waals surface area (Å²) in [6, 6.07) is 0. The second-order valence-corrected chi connectivity index (χ2v) is 2.36. The quantitative estimate of drug-likeness (QED) is 0.426. The van der Waals surface area contributed by atoms with Crippen molar-refractivity contribution in [1.82, 2.24) is 4.90 Å². The minimum atomic E-state index is 1.32. The number of likely N-dealkylation sites (tertiary alicyclic amines) is 1. The molecular formula is C6H13N+2. The maximum Gasteiger partial charge on any atom is 0.246 e. The van der Waals surface area contributed by atoms with Gasteiger partial charge in [0.2, 0.25) is 20.1 Å². The number of nitrogens with zero attached hydrogens (tertiary/aromatic N) is 1. The molecule has 0 amide bonds. The first-order chi connectivity index (χ1) is 3.39. The summed E-state index contributed by atoms with van der Waals surface area (Å²) >= 11 is 0. The van der Waals surface area contributed by atoms with E-state index in [2.05, 4.69) is 11.9 Å². The van der Waals surface area contributed by atoms with Crippen molar-refractivity contribution in [2.24, 2.45) is 0 Å². The van der Waals surface area contributed by atoms with E-state index in [-0.39, 0.29) is 0 Å². The lowest BCUT2D eigenvalue weighted by atomic mass is 10.1. The molecule has 1 rings (SSSR count). The van der Waals surface area contributed by atoms with E-state index < -0.39 is 0 Å². The van der Waals surface area contributed by atoms with Gasteiger partial charge in [-0.05, 0) is 6.42 Å². The van der Waals surface area contributed by atoms with Crippen molar-refractivity contribution in [2.45, 2.75) is 19.3 Å². The average Bonchev–Trinajstić information content (AvgIpc) is 1.69. The lowest BCUT2D eigenvalue weighted by Gasteiger charge is -2.05. The Bertz CT molecular complexity index is 46.1. The normalized spacial score (nSPS) is 22.7. The van der Waals surface area contributed by atoms with E-state index in [0.29, 0.717) is 0 Å². The van der Waals surface area contributed by atoms with Gasteiger partial charge < -0.3 is 0 Å². The van der Waals surface area contributed by atoms with Gasteiger partial charge in [0.25, 0.3) is 0 Å². The van der Waals surface area contributed by atoms with Crippen LogP contribution in [0.3, 0.4) is 0 Å². The highest BCUT2D eigenvalue weighted by Gasteiger charge is 2.17. The molecule has 0 atom stereocenters. The third-order valence-electron chi connectivity index (χ3n) is 1.58. The molecule has 0 aromatic carbocycles. The summed E-state index contributed by atoms with van der Waals surface area (Å²) in [4.78, 5) is 2.39. The molecule has 0 aliphatic carbocycles. The SMILES string of the molecule is C[N+2]1CCCCC1. The van der Waals surface area contributed by atoms with Gasteiger partial charge in [0.15, 0.2) is 0 Å². The summed E-state index contributed by atoms with van der Waals surface area (Å²) in [6.07, 6.45) is 4.28. The van der Waals surface area contributed by atoms with Gasteiger partial charge in [0, 0.05) is 0 Å². The van der Waals surface area contributed by atoms with Crippen LogP contribution in [0.4, 0.5) is 0 Å². The van der Waals surface area contributed by atoms with Gasteiger partial charge in [-0.1, -0.05) is 0 Å².